The standard InChI is InChI=1S/C16H31N3O2/c1-14(12-19-10-4-3-5-11-19)18-15(20)16(13-21-2)6-8-17-9-7-16/h14,17H,3-13H2,1-2H3,(H,18,20). The van der Waals surface area contributed by atoms with Crippen LogP contribution in [0.1, 0.15) is 39.0 Å². The molecule has 0 aromatic carbocycles. The SMILES string of the molecule is COCC1(C(=O)NC(C)CN2CCCCC2)CCNCC1. The van der Waals surface area contributed by atoms with Crippen molar-refractivity contribution in [3.05, 3.63) is 0 Å². The average Bonchev–Trinajstić information content (AvgIpc) is 2.49. The van der Waals surface area contributed by atoms with E-state index in [4.69, 9.17) is 4.74 Å². The van der Waals surface area contributed by atoms with Gasteiger partial charge < -0.3 is 20.3 Å². The lowest BCUT2D eigenvalue weighted by molar-refractivity contribution is -0.137. The van der Waals surface area contributed by atoms with Gasteiger partial charge in [-0.3, -0.25) is 4.79 Å². The zero-order valence-electron chi connectivity index (χ0n) is 13.6. The fraction of sp³-hybridized carbons (Fsp3) is 0.938. The van der Waals surface area contributed by atoms with Gasteiger partial charge in [-0.2, -0.15) is 0 Å². The van der Waals surface area contributed by atoms with E-state index in [0.717, 1.165) is 32.5 Å². The molecule has 1 atom stereocenters. The van der Waals surface area contributed by atoms with E-state index in [-0.39, 0.29) is 17.4 Å². The lowest BCUT2D eigenvalue weighted by Crippen LogP contribution is -2.53. The van der Waals surface area contributed by atoms with Gasteiger partial charge in [-0.25, -0.2) is 0 Å². The minimum atomic E-state index is -0.337. The summed E-state index contributed by atoms with van der Waals surface area (Å²) in [6.07, 6.45) is 5.66. The molecule has 0 spiro atoms. The third-order valence-electron chi connectivity index (χ3n) is 4.82. The third kappa shape index (κ3) is 4.66. The molecule has 1 amide bonds. The van der Waals surface area contributed by atoms with Crippen LogP contribution in [0.4, 0.5) is 0 Å². The molecule has 2 aliphatic heterocycles. The number of amides is 1. The van der Waals surface area contributed by atoms with Crippen molar-refractivity contribution in [2.45, 2.75) is 45.1 Å². The Morgan fingerprint density at radius 2 is 1.95 bits per heavy atom. The smallest absolute Gasteiger partial charge is 0.228 e. The largest absolute Gasteiger partial charge is 0.384 e. The second-order valence-corrected chi connectivity index (χ2v) is 6.70. The fourth-order valence-corrected chi connectivity index (χ4v) is 3.57. The molecule has 0 aromatic rings. The molecule has 2 fully saturated rings. The molecule has 2 N–H and O–H groups in total. The van der Waals surface area contributed by atoms with Gasteiger partial charge in [0.1, 0.15) is 0 Å². The maximum atomic E-state index is 12.7. The molecule has 2 saturated heterocycles. The molecule has 5 heteroatoms. The van der Waals surface area contributed by atoms with Crippen molar-refractivity contribution in [3.8, 4) is 0 Å². The van der Waals surface area contributed by atoms with Crippen molar-refractivity contribution in [2.75, 3.05) is 46.4 Å². The Morgan fingerprint density at radius 3 is 2.57 bits per heavy atom. The van der Waals surface area contributed by atoms with E-state index in [9.17, 15) is 4.79 Å². The van der Waals surface area contributed by atoms with Crippen LogP contribution < -0.4 is 10.6 Å². The van der Waals surface area contributed by atoms with Crippen LogP contribution >= 0.6 is 0 Å². The highest BCUT2D eigenvalue weighted by molar-refractivity contribution is 5.83. The van der Waals surface area contributed by atoms with Gasteiger partial charge in [-0.05, 0) is 58.8 Å². The molecule has 0 aromatic heterocycles. The van der Waals surface area contributed by atoms with E-state index in [1.807, 2.05) is 0 Å². The summed E-state index contributed by atoms with van der Waals surface area (Å²) in [5.74, 6) is 0.176. The monoisotopic (exact) mass is 297 g/mol. The number of carbonyl (C=O) groups is 1. The van der Waals surface area contributed by atoms with Crippen LogP contribution in [0.2, 0.25) is 0 Å². The van der Waals surface area contributed by atoms with E-state index >= 15 is 0 Å². The van der Waals surface area contributed by atoms with Gasteiger partial charge in [0.2, 0.25) is 5.91 Å². The molecule has 21 heavy (non-hydrogen) atoms. The van der Waals surface area contributed by atoms with E-state index in [1.165, 1.54) is 32.4 Å². The summed E-state index contributed by atoms with van der Waals surface area (Å²) < 4.78 is 5.34. The lowest BCUT2D eigenvalue weighted by Gasteiger charge is -2.37. The number of piperidine rings is 2. The zero-order chi connectivity index (χ0) is 15.1. The lowest BCUT2D eigenvalue weighted by atomic mass is 9.78. The predicted octanol–water partition coefficient (Wildman–Crippen LogP) is 0.993. The second-order valence-electron chi connectivity index (χ2n) is 6.70. The van der Waals surface area contributed by atoms with Gasteiger partial charge in [0.25, 0.3) is 0 Å². The number of carbonyl (C=O) groups excluding carboxylic acids is 1. The van der Waals surface area contributed by atoms with E-state index in [0.29, 0.717) is 6.61 Å². The second kappa shape index (κ2) is 8.11. The van der Waals surface area contributed by atoms with Crippen LogP contribution in [0.25, 0.3) is 0 Å². The zero-order valence-corrected chi connectivity index (χ0v) is 13.6. The Hall–Kier alpha value is -0.650. The topological polar surface area (TPSA) is 53.6 Å². The molecular weight excluding hydrogens is 266 g/mol. The van der Waals surface area contributed by atoms with Crippen LogP contribution in [0, 0.1) is 5.41 Å². The van der Waals surface area contributed by atoms with Crippen molar-refractivity contribution in [3.63, 3.8) is 0 Å². The Labute approximate surface area is 128 Å². The van der Waals surface area contributed by atoms with Crippen molar-refractivity contribution < 1.29 is 9.53 Å². The number of hydrogen-bond donors (Lipinski definition) is 2. The van der Waals surface area contributed by atoms with Crippen molar-refractivity contribution >= 4 is 5.91 Å². The maximum Gasteiger partial charge on any atom is 0.228 e. The molecule has 2 aliphatic rings. The molecule has 5 nitrogen and oxygen atoms in total. The highest BCUT2D eigenvalue weighted by Crippen LogP contribution is 2.29. The molecule has 122 valence electrons. The van der Waals surface area contributed by atoms with Crippen molar-refractivity contribution in [1.29, 1.82) is 0 Å². The molecule has 0 saturated carbocycles. The molecule has 0 aliphatic carbocycles. The van der Waals surface area contributed by atoms with Crippen LogP contribution in [0.15, 0.2) is 0 Å². The predicted molar refractivity (Wildman–Crippen MR) is 84.3 cm³/mol. The number of hydrogen-bond acceptors (Lipinski definition) is 4. The normalized spacial score (nSPS) is 24.5. The minimum Gasteiger partial charge on any atom is -0.384 e. The molecule has 0 bridgehead atoms. The number of nitrogens with one attached hydrogen (secondary N) is 2. The molecule has 0 radical (unpaired) electrons. The van der Waals surface area contributed by atoms with Gasteiger partial charge in [-0.1, -0.05) is 6.42 Å². The van der Waals surface area contributed by atoms with Gasteiger partial charge in [0, 0.05) is 19.7 Å². The summed E-state index contributed by atoms with van der Waals surface area (Å²) in [6.45, 7) is 7.76. The van der Waals surface area contributed by atoms with Gasteiger partial charge >= 0.3 is 0 Å². The summed E-state index contributed by atoms with van der Waals surface area (Å²) >= 11 is 0. The van der Waals surface area contributed by atoms with Gasteiger partial charge in [-0.15, -0.1) is 0 Å². The van der Waals surface area contributed by atoms with Gasteiger partial charge in [0.15, 0.2) is 0 Å². The molecule has 2 heterocycles. The Balaban J connectivity index is 1.85. The highest BCUT2D eigenvalue weighted by atomic mass is 16.5. The highest BCUT2D eigenvalue weighted by Gasteiger charge is 2.40. The first-order valence-electron chi connectivity index (χ1n) is 8.39. The number of methoxy groups -OCH3 is 1. The third-order valence-corrected chi connectivity index (χ3v) is 4.82. The van der Waals surface area contributed by atoms with Crippen LogP contribution in [-0.2, 0) is 9.53 Å². The number of likely N-dealkylation sites (tertiary alicyclic amines) is 1. The molecule has 1 unspecified atom stereocenters. The summed E-state index contributed by atoms with van der Waals surface area (Å²) in [4.78, 5) is 15.2. The van der Waals surface area contributed by atoms with E-state index in [1.54, 1.807) is 7.11 Å². The van der Waals surface area contributed by atoms with E-state index < -0.39 is 0 Å². The van der Waals surface area contributed by atoms with Crippen LogP contribution in [-0.4, -0.2) is 63.3 Å². The summed E-state index contributed by atoms with van der Waals surface area (Å²) in [5.41, 5.74) is -0.337. The van der Waals surface area contributed by atoms with Crippen molar-refractivity contribution in [1.82, 2.24) is 15.5 Å². The first kappa shape index (κ1) is 16.7. The number of rotatable bonds is 6. The summed E-state index contributed by atoms with van der Waals surface area (Å²) in [7, 11) is 1.69. The first-order chi connectivity index (χ1) is 10.2. The molecule has 2 rings (SSSR count). The maximum absolute atomic E-state index is 12.7. The fourth-order valence-electron chi connectivity index (χ4n) is 3.57. The minimum absolute atomic E-state index is 0.176. The number of ether oxygens (including phenoxy) is 1. The van der Waals surface area contributed by atoms with E-state index in [2.05, 4.69) is 22.5 Å². The van der Waals surface area contributed by atoms with Gasteiger partial charge in [0.05, 0.1) is 12.0 Å². The Morgan fingerprint density at radius 1 is 1.29 bits per heavy atom. The summed E-state index contributed by atoms with van der Waals surface area (Å²) in [6, 6.07) is 0.208. The first-order valence-corrected chi connectivity index (χ1v) is 8.39. The van der Waals surface area contributed by atoms with Crippen molar-refractivity contribution in [2.24, 2.45) is 5.41 Å². The Bertz CT molecular complexity index is 318. The Kier molecular flexibility index (Phi) is 6.45. The van der Waals surface area contributed by atoms with Crippen LogP contribution in [0.5, 0.6) is 0 Å². The molecular formula is C16H31N3O2. The van der Waals surface area contributed by atoms with Crippen LogP contribution in [0.3, 0.4) is 0 Å². The number of nitrogens with zero attached hydrogens (tertiary/aromatic N) is 1. The average molecular weight is 297 g/mol. The quantitative estimate of drug-likeness (QED) is 0.768. The summed E-state index contributed by atoms with van der Waals surface area (Å²) in [5, 5.41) is 6.56.